The predicted molar refractivity (Wildman–Crippen MR) is 127 cm³/mol. The lowest BCUT2D eigenvalue weighted by atomic mass is 10.1. The van der Waals surface area contributed by atoms with E-state index in [4.69, 9.17) is 0 Å². The lowest BCUT2D eigenvalue weighted by molar-refractivity contribution is 0.0786. The molecule has 1 aromatic heterocycles. The lowest BCUT2D eigenvalue weighted by Crippen LogP contribution is -2.43. The Labute approximate surface area is 192 Å². The van der Waals surface area contributed by atoms with Crippen LogP contribution in [0.15, 0.2) is 54.6 Å². The van der Waals surface area contributed by atoms with Gasteiger partial charge in [-0.1, -0.05) is 30.3 Å². The van der Waals surface area contributed by atoms with E-state index in [-0.39, 0.29) is 11.8 Å². The van der Waals surface area contributed by atoms with Crippen molar-refractivity contribution in [3.8, 4) is 11.4 Å². The van der Waals surface area contributed by atoms with Crippen LogP contribution in [-0.2, 0) is 6.54 Å². The number of hydrogen-bond donors (Lipinski definition) is 3. The van der Waals surface area contributed by atoms with Gasteiger partial charge in [0, 0.05) is 37.0 Å². The van der Waals surface area contributed by atoms with Crippen LogP contribution in [0.4, 0.5) is 11.5 Å². The standard InChI is InChI=1S/C24H27N7O2/c1-30(2)13-14-31(3)24(33)17-9-11-18(12-10-17)26-22-20-19(15-25-29-23(20)32)27-21(28-22)16-7-5-4-6-8-16/h4-12,25H,13-15H2,1-3H3,(H,29,32)(H,26,27,28). The molecule has 1 aliphatic heterocycles. The van der Waals surface area contributed by atoms with E-state index in [0.29, 0.717) is 47.2 Å². The van der Waals surface area contributed by atoms with E-state index in [9.17, 15) is 9.59 Å². The Morgan fingerprint density at radius 3 is 2.42 bits per heavy atom. The first-order valence-corrected chi connectivity index (χ1v) is 10.7. The molecule has 0 atom stereocenters. The Kier molecular flexibility index (Phi) is 6.62. The minimum absolute atomic E-state index is 0.0420. The summed E-state index contributed by atoms with van der Waals surface area (Å²) in [6.45, 7) is 1.83. The number of likely N-dealkylation sites (N-methyl/N-ethyl adjacent to an activating group) is 2. The van der Waals surface area contributed by atoms with Gasteiger partial charge in [0.25, 0.3) is 11.8 Å². The van der Waals surface area contributed by atoms with Crippen molar-refractivity contribution >= 4 is 23.3 Å². The molecule has 0 aliphatic carbocycles. The van der Waals surface area contributed by atoms with Gasteiger partial charge in [0.05, 0.1) is 12.2 Å². The largest absolute Gasteiger partial charge is 0.340 e. The number of carbonyl (C=O) groups is 2. The number of hydrazine groups is 1. The van der Waals surface area contributed by atoms with Gasteiger partial charge in [0.1, 0.15) is 11.4 Å². The van der Waals surface area contributed by atoms with Gasteiger partial charge >= 0.3 is 0 Å². The summed E-state index contributed by atoms with van der Waals surface area (Å²) in [6, 6.07) is 16.8. The average molecular weight is 446 g/mol. The Hall–Kier alpha value is -3.82. The van der Waals surface area contributed by atoms with Crippen LogP contribution in [0.2, 0.25) is 0 Å². The van der Waals surface area contributed by atoms with Crippen molar-refractivity contribution in [2.75, 3.05) is 39.5 Å². The zero-order valence-electron chi connectivity index (χ0n) is 18.9. The number of nitrogens with zero attached hydrogens (tertiary/aromatic N) is 4. The summed E-state index contributed by atoms with van der Waals surface area (Å²) in [5.41, 5.74) is 8.65. The third-order valence-electron chi connectivity index (χ3n) is 5.32. The highest BCUT2D eigenvalue weighted by molar-refractivity contribution is 6.01. The maximum absolute atomic E-state index is 12.7. The van der Waals surface area contributed by atoms with Crippen LogP contribution in [0, 0.1) is 0 Å². The summed E-state index contributed by atoms with van der Waals surface area (Å²) in [4.78, 5) is 38.2. The lowest BCUT2D eigenvalue weighted by Gasteiger charge is -2.21. The number of hydrogen-bond acceptors (Lipinski definition) is 7. The van der Waals surface area contributed by atoms with E-state index in [2.05, 4.69) is 26.1 Å². The first kappa shape index (κ1) is 22.4. The van der Waals surface area contributed by atoms with Gasteiger partial charge in [-0.05, 0) is 38.4 Å². The number of rotatable bonds is 7. The summed E-state index contributed by atoms with van der Waals surface area (Å²) >= 11 is 0. The molecule has 0 saturated carbocycles. The summed E-state index contributed by atoms with van der Waals surface area (Å²) in [6.07, 6.45) is 0. The number of benzene rings is 2. The molecule has 0 spiro atoms. The van der Waals surface area contributed by atoms with Crippen LogP contribution >= 0.6 is 0 Å². The third-order valence-corrected chi connectivity index (χ3v) is 5.32. The number of aromatic nitrogens is 2. The molecule has 2 heterocycles. The fourth-order valence-corrected chi connectivity index (χ4v) is 3.46. The smallest absolute Gasteiger partial charge is 0.271 e. The molecule has 9 heteroatoms. The summed E-state index contributed by atoms with van der Waals surface area (Å²) in [7, 11) is 5.75. The molecule has 9 nitrogen and oxygen atoms in total. The maximum atomic E-state index is 12.7. The second-order valence-corrected chi connectivity index (χ2v) is 8.12. The van der Waals surface area contributed by atoms with Crippen molar-refractivity contribution in [1.29, 1.82) is 0 Å². The highest BCUT2D eigenvalue weighted by Gasteiger charge is 2.25. The van der Waals surface area contributed by atoms with Gasteiger partial charge in [-0.2, -0.15) is 0 Å². The van der Waals surface area contributed by atoms with Gasteiger partial charge in [-0.25, -0.2) is 15.4 Å². The van der Waals surface area contributed by atoms with Crippen molar-refractivity contribution in [2.45, 2.75) is 6.54 Å². The molecule has 3 aromatic rings. The molecule has 2 amide bonds. The Morgan fingerprint density at radius 1 is 1.00 bits per heavy atom. The molecule has 3 N–H and O–H groups in total. The molecule has 0 saturated heterocycles. The van der Waals surface area contributed by atoms with Crippen molar-refractivity contribution in [3.63, 3.8) is 0 Å². The number of carbonyl (C=O) groups excluding carboxylic acids is 2. The molecule has 170 valence electrons. The fourth-order valence-electron chi connectivity index (χ4n) is 3.46. The second kappa shape index (κ2) is 9.76. The highest BCUT2D eigenvalue weighted by atomic mass is 16.2. The van der Waals surface area contributed by atoms with Crippen LogP contribution in [0.25, 0.3) is 11.4 Å². The van der Waals surface area contributed by atoms with Crippen molar-refractivity contribution in [3.05, 3.63) is 71.4 Å². The molecular formula is C24H27N7O2. The molecule has 0 unspecified atom stereocenters. The molecule has 1 aliphatic rings. The monoisotopic (exact) mass is 445 g/mol. The van der Waals surface area contributed by atoms with Crippen molar-refractivity contribution in [1.82, 2.24) is 30.6 Å². The number of nitrogens with one attached hydrogen (secondary N) is 3. The first-order chi connectivity index (χ1) is 15.9. The van der Waals surface area contributed by atoms with E-state index in [0.717, 1.165) is 12.1 Å². The minimum Gasteiger partial charge on any atom is -0.340 e. The topological polar surface area (TPSA) is 102 Å². The zero-order valence-corrected chi connectivity index (χ0v) is 18.9. The quantitative estimate of drug-likeness (QED) is 0.513. The van der Waals surface area contributed by atoms with Crippen LogP contribution in [-0.4, -0.2) is 65.8 Å². The number of anilines is 2. The summed E-state index contributed by atoms with van der Waals surface area (Å²) < 4.78 is 0. The van der Waals surface area contributed by atoms with E-state index in [1.807, 2.05) is 61.5 Å². The second-order valence-electron chi connectivity index (χ2n) is 8.12. The molecule has 4 rings (SSSR count). The van der Waals surface area contributed by atoms with E-state index in [1.54, 1.807) is 24.1 Å². The van der Waals surface area contributed by atoms with Crippen LogP contribution < -0.4 is 16.2 Å². The van der Waals surface area contributed by atoms with Gasteiger partial charge in [-0.15, -0.1) is 0 Å². The van der Waals surface area contributed by atoms with Crippen molar-refractivity contribution < 1.29 is 9.59 Å². The fraction of sp³-hybridized carbons (Fsp3) is 0.250. The molecule has 2 aromatic carbocycles. The zero-order chi connectivity index (χ0) is 23.4. The minimum atomic E-state index is -0.298. The first-order valence-electron chi connectivity index (χ1n) is 10.7. The predicted octanol–water partition coefficient (Wildman–Crippen LogP) is 2.27. The van der Waals surface area contributed by atoms with Crippen LogP contribution in [0.1, 0.15) is 26.4 Å². The summed E-state index contributed by atoms with van der Waals surface area (Å²) in [5, 5.41) is 3.24. The molecule has 33 heavy (non-hydrogen) atoms. The maximum Gasteiger partial charge on any atom is 0.271 e. The molecule has 0 fully saturated rings. The molecular weight excluding hydrogens is 418 g/mol. The number of fused-ring (bicyclic) bond motifs is 1. The van der Waals surface area contributed by atoms with Gasteiger partial charge in [0.2, 0.25) is 0 Å². The van der Waals surface area contributed by atoms with E-state index >= 15 is 0 Å². The van der Waals surface area contributed by atoms with Gasteiger partial charge < -0.3 is 15.1 Å². The highest BCUT2D eigenvalue weighted by Crippen LogP contribution is 2.27. The van der Waals surface area contributed by atoms with E-state index in [1.165, 1.54) is 0 Å². The van der Waals surface area contributed by atoms with Gasteiger partial charge in [0.15, 0.2) is 5.82 Å². The van der Waals surface area contributed by atoms with Gasteiger partial charge in [-0.3, -0.25) is 15.0 Å². The average Bonchev–Trinajstić information content (AvgIpc) is 2.83. The van der Waals surface area contributed by atoms with Crippen LogP contribution in [0.3, 0.4) is 0 Å². The SMILES string of the molecule is CN(C)CCN(C)C(=O)c1ccc(Nc2nc(-c3ccccc3)nc3c2C(=O)NNC3)cc1. The summed E-state index contributed by atoms with van der Waals surface area (Å²) in [5.74, 6) is 0.606. The molecule has 0 radical (unpaired) electrons. The van der Waals surface area contributed by atoms with E-state index < -0.39 is 0 Å². The third kappa shape index (κ3) is 5.16. The molecule has 0 bridgehead atoms. The Bertz CT molecular complexity index is 1150. The Balaban J connectivity index is 1.59. The normalized spacial score (nSPS) is 12.8. The van der Waals surface area contributed by atoms with Crippen LogP contribution in [0.5, 0.6) is 0 Å². The Morgan fingerprint density at radius 2 is 1.73 bits per heavy atom. The van der Waals surface area contributed by atoms with Crippen molar-refractivity contribution in [2.24, 2.45) is 0 Å². The number of amides is 2.